The molecule has 0 aliphatic carbocycles. The molecule has 1 aliphatic rings. The Bertz CT molecular complexity index is 1060. The molecule has 0 atom stereocenters. The smallest absolute Gasteiger partial charge is 0.269 e. The van der Waals surface area contributed by atoms with E-state index >= 15 is 0 Å². The van der Waals surface area contributed by atoms with Gasteiger partial charge in [-0.3, -0.25) is 9.59 Å². The first kappa shape index (κ1) is 21.6. The number of carbonyl (C=O) groups excluding carboxylic acids is 2. The summed E-state index contributed by atoms with van der Waals surface area (Å²) >= 11 is 0. The van der Waals surface area contributed by atoms with Gasteiger partial charge in [0.2, 0.25) is 5.91 Å². The lowest BCUT2D eigenvalue weighted by molar-refractivity contribution is -0.121. The van der Waals surface area contributed by atoms with Gasteiger partial charge in [-0.25, -0.2) is 12.7 Å². The van der Waals surface area contributed by atoms with Crippen molar-refractivity contribution in [2.45, 2.75) is 37.8 Å². The van der Waals surface area contributed by atoms with Crippen molar-refractivity contribution in [2.24, 2.45) is 0 Å². The molecule has 0 unspecified atom stereocenters. The van der Waals surface area contributed by atoms with Gasteiger partial charge in [-0.1, -0.05) is 18.2 Å². The average Bonchev–Trinajstić information content (AvgIpc) is 2.91. The first-order valence-electron chi connectivity index (χ1n) is 9.50. The van der Waals surface area contributed by atoms with Crippen LogP contribution >= 0.6 is 0 Å². The average molecular weight is 432 g/mol. The molecule has 1 N–H and O–H groups in total. The molecule has 9 heteroatoms. The van der Waals surface area contributed by atoms with Crippen molar-refractivity contribution in [3.05, 3.63) is 53.6 Å². The lowest BCUT2D eigenvalue weighted by Crippen LogP contribution is -2.34. The Kier molecular flexibility index (Phi) is 6.31. The highest BCUT2D eigenvalue weighted by Gasteiger charge is 2.40. The fourth-order valence-corrected chi connectivity index (χ4v) is 4.69. The van der Waals surface area contributed by atoms with Gasteiger partial charge in [-0.05, 0) is 43.7 Å². The van der Waals surface area contributed by atoms with E-state index in [0.29, 0.717) is 11.5 Å². The van der Waals surface area contributed by atoms with Crippen LogP contribution in [0.3, 0.4) is 0 Å². The number of hydrogen-bond acceptors (Lipinski definition) is 6. The summed E-state index contributed by atoms with van der Waals surface area (Å²) in [7, 11) is -2.37. The Morgan fingerprint density at radius 3 is 2.53 bits per heavy atom. The summed E-state index contributed by atoms with van der Waals surface area (Å²) in [6.45, 7) is 3.85. The second kappa shape index (κ2) is 8.74. The summed E-state index contributed by atoms with van der Waals surface area (Å²) in [5.41, 5.74) is 0.933. The third-order valence-corrected chi connectivity index (χ3v) is 6.37. The zero-order chi connectivity index (χ0) is 21.9. The van der Waals surface area contributed by atoms with Crippen LogP contribution in [0.2, 0.25) is 0 Å². The number of benzene rings is 2. The van der Waals surface area contributed by atoms with E-state index in [9.17, 15) is 18.0 Å². The normalized spacial score (nSPS) is 14.5. The fourth-order valence-electron chi connectivity index (χ4n) is 3.12. The molecule has 0 saturated carbocycles. The van der Waals surface area contributed by atoms with Crippen LogP contribution in [-0.2, 0) is 21.4 Å². The summed E-state index contributed by atoms with van der Waals surface area (Å²) in [6.07, 6.45) is -0.134. The molecule has 0 fully saturated rings. The maximum atomic E-state index is 12.5. The molecule has 3 rings (SSSR count). The van der Waals surface area contributed by atoms with Crippen molar-refractivity contribution in [3.63, 3.8) is 0 Å². The predicted octanol–water partition coefficient (Wildman–Crippen LogP) is 2.33. The van der Waals surface area contributed by atoms with E-state index in [2.05, 4.69) is 5.32 Å². The molecule has 0 radical (unpaired) electrons. The van der Waals surface area contributed by atoms with Crippen molar-refractivity contribution in [1.29, 1.82) is 0 Å². The first-order chi connectivity index (χ1) is 14.2. The van der Waals surface area contributed by atoms with Crippen molar-refractivity contribution < 1.29 is 27.5 Å². The second-order valence-corrected chi connectivity index (χ2v) is 8.89. The molecule has 2 aromatic carbocycles. The molecular formula is C21H24N2O6S. The molecule has 2 aromatic rings. The highest BCUT2D eigenvalue weighted by Crippen LogP contribution is 2.30. The number of fused-ring (bicyclic) bond motifs is 1. The molecule has 0 saturated heterocycles. The van der Waals surface area contributed by atoms with E-state index in [-0.39, 0.29) is 42.0 Å². The summed E-state index contributed by atoms with van der Waals surface area (Å²) in [5, 5.41) is 2.73. The van der Waals surface area contributed by atoms with Crippen LogP contribution in [0.5, 0.6) is 11.5 Å². The minimum absolute atomic E-state index is 0.000155. The molecule has 160 valence electrons. The lowest BCUT2D eigenvalue weighted by Gasteiger charge is -2.16. The van der Waals surface area contributed by atoms with E-state index in [1.165, 1.54) is 19.2 Å². The van der Waals surface area contributed by atoms with Crippen molar-refractivity contribution in [3.8, 4) is 11.5 Å². The topological polar surface area (TPSA) is 102 Å². The van der Waals surface area contributed by atoms with E-state index in [1.807, 2.05) is 19.9 Å². The molecule has 0 bridgehead atoms. The Hall–Kier alpha value is -3.07. The van der Waals surface area contributed by atoms with Gasteiger partial charge >= 0.3 is 0 Å². The highest BCUT2D eigenvalue weighted by atomic mass is 32.2. The number of methoxy groups -OCH3 is 1. The van der Waals surface area contributed by atoms with Gasteiger partial charge < -0.3 is 14.8 Å². The predicted molar refractivity (Wildman–Crippen MR) is 110 cm³/mol. The monoisotopic (exact) mass is 432 g/mol. The van der Waals surface area contributed by atoms with Gasteiger partial charge in [-0.15, -0.1) is 0 Å². The van der Waals surface area contributed by atoms with E-state index in [1.54, 1.807) is 24.3 Å². The van der Waals surface area contributed by atoms with Crippen LogP contribution in [0.4, 0.5) is 0 Å². The first-order valence-corrected chi connectivity index (χ1v) is 10.9. The zero-order valence-corrected chi connectivity index (χ0v) is 17.9. The number of nitrogens with one attached hydrogen (secondary N) is 1. The number of nitrogens with zero attached hydrogens (tertiary/aromatic N) is 1. The Morgan fingerprint density at radius 1 is 1.13 bits per heavy atom. The van der Waals surface area contributed by atoms with Gasteiger partial charge in [0.05, 0.1) is 18.8 Å². The van der Waals surface area contributed by atoms with E-state index < -0.39 is 15.9 Å². The lowest BCUT2D eigenvalue weighted by atomic mass is 10.2. The molecule has 30 heavy (non-hydrogen) atoms. The molecule has 2 amide bonds. The highest BCUT2D eigenvalue weighted by molar-refractivity contribution is 7.90. The Labute approximate surface area is 175 Å². The number of sulfonamides is 1. The third-order valence-electron chi connectivity index (χ3n) is 4.53. The molecule has 1 aliphatic heterocycles. The largest absolute Gasteiger partial charge is 0.493 e. The summed E-state index contributed by atoms with van der Waals surface area (Å²) < 4.78 is 36.8. The maximum absolute atomic E-state index is 12.5. The Balaban J connectivity index is 1.58. The Morgan fingerprint density at radius 2 is 1.87 bits per heavy atom. The zero-order valence-electron chi connectivity index (χ0n) is 17.0. The number of hydrogen-bond donors (Lipinski definition) is 1. The summed E-state index contributed by atoms with van der Waals surface area (Å²) in [4.78, 5) is 24.6. The standard InChI is InChI=1S/C21H24N2O6S/c1-14(2)29-17-9-8-15(12-18(17)28-3)13-22-20(24)10-11-23-21(25)16-6-4-5-7-19(16)30(23,26)27/h4-9,12,14H,10-11,13H2,1-3H3,(H,22,24). The molecule has 1 heterocycles. The third kappa shape index (κ3) is 4.40. The summed E-state index contributed by atoms with van der Waals surface area (Å²) in [5.74, 6) is 0.196. The van der Waals surface area contributed by atoms with Crippen LogP contribution in [0.15, 0.2) is 47.4 Å². The minimum Gasteiger partial charge on any atom is -0.493 e. The van der Waals surface area contributed by atoms with Crippen LogP contribution in [0.25, 0.3) is 0 Å². The number of ether oxygens (including phenoxy) is 2. The number of carbonyl (C=O) groups is 2. The minimum atomic E-state index is -3.91. The van der Waals surface area contributed by atoms with Crippen molar-refractivity contribution in [1.82, 2.24) is 9.62 Å². The molecule has 0 aromatic heterocycles. The van der Waals surface area contributed by atoms with Gasteiger partial charge in [-0.2, -0.15) is 0 Å². The van der Waals surface area contributed by atoms with Crippen LogP contribution in [0, 0.1) is 0 Å². The van der Waals surface area contributed by atoms with Gasteiger partial charge in [0.1, 0.15) is 4.90 Å². The van der Waals surface area contributed by atoms with Crippen molar-refractivity contribution >= 4 is 21.8 Å². The van der Waals surface area contributed by atoms with Crippen LogP contribution in [0.1, 0.15) is 36.2 Å². The molecular weight excluding hydrogens is 408 g/mol. The quantitative estimate of drug-likeness (QED) is 0.687. The van der Waals surface area contributed by atoms with Gasteiger partial charge in [0, 0.05) is 19.5 Å². The maximum Gasteiger partial charge on any atom is 0.269 e. The summed E-state index contributed by atoms with van der Waals surface area (Å²) in [6, 6.07) is 11.4. The second-order valence-electron chi connectivity index (χ2n) is 7.06. The SMILES string of the molecule is COc1cc(CNC(=O)CCN2C(=O)c3ccccc3S2(=O)=O)ccc1OC(C)C. The van der Waals surface area contributed by atoms with Crippen molar-refractivity contribution in [2.75, 3.05) is 13.7 Å². The van der Waals surface area contributed by atoms with E-state index in [4.69, 9.17) is 9.47 Å². The number of amides is 2. The van der Waals surface area contributed by atoms with E-state index in [0.717, 1.165) is 9.87 Å². The fraction of sp³-hybridized carbons (Fsp3) is 0.333. The molecule has 0 spiro atoms. The number of rotatable bonds is 8. The van der Waals surface area contributed by atoms with Crippen LogP contribution < -0.4 is 14.8 Å². The van der Waals surface area contributed by atoms with Gasteiger partial charge in [0.25, 0.3) is 15.9 Å². The molecule has 8 nitrogen and oxygen atoms in total. The van der Waals surface area contributed by atoms with Gasteiger partial charge in [0.15, 0.2) is 11.5 Å². The van der Waals surface area contributed by atoms with Crippen LogP contribution in [-0.4, -0.2) is 44.3 Å².